The van der Waals surface area contributed by atoms with Crippen LogP contribution >= 0.6 is 0 Å². The second-order valence-electron chi connectivity index (χ2n) is 8.38. The van der Waals surface area contributed by atoms with Crippen molar-refractivity contribution in [3.05, 3.63) is 39.9 Å². The van der Waals surface area contributed by atoms with Gasteiger partial charge in [-0.1, -0.05) is 83.3 Å². The molecule has 0 unspecified atom stereocenters. The molecule has 0 spiro atoms. The maximum atomic E-state index is 12.4. The number of hydrogen-bond acceptors (Lipinski definition) is 6. The van der Waals surface area contributed by atoms with Gasteiger partial charge >= 0.3 is 5.97 Å². The number of nitrogens with one attached hydrogen (secondary N) is 1. The van der Waals surface area contributed by atoms with E-state index in [4.69, 9.17) is 4.74 Å². The number of nitrogens with zero attached hydrogens (tertiary/aromatic N) is 1. The summed E-state index contributed by atoms with van der Waals surface area (Å²) in [5.74, 6) is -1.13. The molecule has 1 amide bonds. The first kappa shape index (κ1) is 28.6. The van der Waals surface area contributed by atoms with Crippen LogP contribution in [0.2, 0.25) is 0 Å². The Morgan fingerprint density at radius 3 is 2.12 bits per heavy atom. The van der Waals surface area contributed by atoms with Gasteiger partial charge in [-0.2, -0.15) is 0 Å². The van der Waals surface area contributed by atoms with Gasteiger partial charge in [0.2, 0.25) is 5.91 Å². The summed E-state index contributed by atoms with van der Waals surface area (Å²) >= 11 is 0. The normalized spacial score (nSPS) is 12.7. The van der Waals surface area contributed by atoms with Crippen LogP contribution in [0, 0.1) is 10.1 Å². The zero-order valence-electron chi connectivity index (χ0n) is 20.1. The summed E-state index contributed by atoms with van der Waals surface area (Å²) in [6.07, 6.45) is 11.7. The standard InChI is InChI=1S/C25H40N2O6/c1-3-5-6-7-8-9-10-11-12-13-14-18-22(28)26-23(25(30)33-4-2)24(29)20-16-15-17-21(19-20)27(31)32/h15-17,19,23-24,29H,3-14,18H2,1-2H3,(H,26,28)/t23-,24+/m0/s1. The van der Waals surface area contributed by atoms with Gasteiger partial charge in [0, 0.05) is 18.6 Å². The molecule has 2 N–H and O–H groups in total. The maximum Gasteiger partial charge on any atom is 0.331 e. The molecular weight excluding hydrogens is 424 g/mol. The van der Waals surface area contributed by atoms with E-state index in [1.54, 1.807) is 6.92 Å². The Kier molecular flexibility index (Phi) is 14.8. The molecular formula is C25H40N2O6. The lowest BCUT2D eigenvalue weighted by Gasteiger charge is -2.22. The van der Waals surface area contributed by atoms with Gasteiger partial charge in [0.25, 0.3) is 5.69 Å². The molecule has 0 aromatic heterocycles. The van der Waals surface area contributed by atoms with Crippen molar-refractivity contribution in [2.45, 2.75) is 103 Å². The Morgan fingerprint density at radius 2 is 1.58 bits per heavy atom. The third-order valence-electron chi connectivity index (χ3n) is 5.60. The third kappa shape index (κ3) is 11.8. The van der Waals surface area contributed by atoms with Gasteiger partial charge in [0.15, 0.2) is 6.04 Å². The number of rotatable bonds is 18. The molecule has 0 heterocycles. The number of amides is 1. The van der Waals surface area contributed by atoms with Crippen LogP contribution in [0.1, 0.15) is 103 Å². The molecule has 1 rings (SSSR count). The summed E-state index contributed by atoms with van der Waals surface area (Å²) in [7, 11) is 0. The average molecular weight is 465 g/mol. The molecule has 0 radical (unpaired) electrons. The summed E-state index contributed by atoms with van der Waals surface area (Å²) in [4.78, 5) is 35.2. The van der Waals surface area contributed by atoms with Crippen molar-refractivity contribution in [3.8, 4) is 0 Å². The van der Waals surface area contributed by atoms with E-state index in [2.05, 4.69) is 12.2 Å². The van der Waals surface area contributed by atoms with Crippen molar-refractivity contribution in [2.24, 2.45) is 0 Å². The molecule has 186 valence electrons. The van der Waals surface area contributed by atoms with Crippen LogP contribution in [0.25, 0.3) is 0 Å². The summed E-state index contributed by atoms with van der Waals surface area (Å²) in [6.45, 7) is 3.93. The Balaban J connectivity index is 2.44. The van der Waals surface area contributed by atoms with E-state index in [-0.39, 0.29) is 30.2 Å². The summed E-state index contributed by atoms with van der Waals surface area (Å²) < 4.78 is 4.99. The van der Waals surface area contributed by atoms with Gasteiger partial charge in [0.1, 0.15) is 6.10 Å². The van der Waals surface area contributed by atoms with Crippen molar-refractivity contribution in [3.63, 3.8) is 0 Å². The van der Waals surface area contributed by atoms with Crippen LogP contribution < -0.4 is 5.32 Å². The number of unbranched alkanes of at least 4 members (excludes halogenated alkanes) is 10. The number of non-ortho nitro benzene ring substituents is 1. The maximum absolute atomic E-state index is 12.4. The van der Waals surface area contributed by atoms with E-state index >= 15 is 0 Å². The van der Waals surface area contributed by atoms with Crippen LogP contribution in [0.15, 0.2) is 24.3 Å². The van der Waals surface area contributed by atoms with Crippen LogP contribution in [0.4, 0.5) is 5.69 Å². The Morgan fingerprint density at radius 1 is 1.00 bits per heavy atom. The van der Waals surface area contributed by atoms with Crippen LogP contribution in [-0.2, 0) is 14.3 Å². The largest absolute Gasteiger partial charge is 0.464 e. The number of carbonyl (C=O) groups is 2. The van der Waals surface area contributed by atoms with Gasteiger partial charge in [-0.05, 0) is 18.9 Å². The van der Waals surface area contributed by atoms with E-state index in [1.807, 2.05) is 0 Å². The van der Waals surface area contributed by atoms with Crippen LogP contribution in [-0.4, -0.2) is 34.6 Å². The van der Waals surface area contributed by atoms with E-state index in [9.17, 15) is 24.8 Å². The highest BCUT2D eigenvalue weighted by molar-refractivity contribution is 5.85. The first-order chi connectivity index (χ1) is 15.9. The topological polar surface area (TPSA) is 119 Å². The third-order valence-corrected chi connectivity index (χ3v) is 5.60. The molecule has 0 saturated heterocycles. The fourth-order valence-corrected chi connectivity index (χ4v) is 3.71. The van der Waals surface area contributed by atoms with Crippen molar-refractivity contribution < 1.29 is 24.4 Å². The van der Waals surface area contributed by atoms with Gasteiger partial charge in [-0.3, -0.25) is 14.9 Å². The van der Waals surface area contributed by atoms with Crippen LogP contribution in [0.5, 0.6) is 0 Å². The first-order valence-corrected chi connectivity index (χ1v) is 12.3. The number of hydrogen-bond donors (Lipinski definition) is 2. The summed E-state index contributed by atoms with van der Waals surface area (Å²) in [6, 6.07) is 4.05. The van der Waals surface area contributed by atoms with Crippen molar-refractivity contribution in [1.29, 1.82) is 0 Å². The predicted octanol–water partition coefficient (Wildman–Crippen LogP) is 5.38. The van der Waals surface area contributed by atoms with Gasteiger partial charge in [-0.25, -0.2) is 4.79 Å². The number of ether oxygens (including phenoxy) is 1. The number of benzene rings is 1. The average Bonchev–Trinajstić information content (AvgIpc) is 2.80. The molecule has 0 fully saturated rings. The highest BCUT2D eigenvalue weighted by Gasteiger charge is 2.31. The molecule has 0 aliphatic heterocycles. The molecule has 8 nitrogen and oxygen atoms in total. The smallest absolute Gasteiger partial charge is 0.331 e. The summed E-state index contributed by atoms with van der Waals surface area (Å²) in [5, 5.41) is 24.2. The minimum atomic E-state index is -1.45. The Bertz CT molecular complexity index is 725. The lowest BCUT2D eigenvalue weighted by molar-refractivity contribution is -0.385. The van der Waals surface area contributed by atoms with E-state index in [0.29, 0.717) is 6.42 Å². The fraction of sp³-hybridized carbons (Fsp3) is 0.680. The van der Waals surface area contributed by atoms with E-state index in [0.717, 1.165) is 19.3 Å². The number of esters is 1. The van der Waals surface area contributed by atoms with Crippen LogP contribution in [0.3, 0.4) is 0 Å². The summed E-state index contributed by atoms with van der Waals surface area (Å²) in [5.41, 5.74) is -0.0429. The molecule has 0 bridgehead atoms. The Labute approximate surface area is 197 Å². The zero-order chi connectivity index (χ0) is 24.5. The lowest BCUT2D eigenvalue weighted by atomic mass is 10.0. The molecule has 1 aromatic carbocycles. The lowest BCUT2D eigenvalue weighted by Crippen LogP contribution is -2.46. The van der Waals surface area contributed by atoms with Crippen molar-refractivity contribution >= 4 is 17.6 Å². The molecule has 2 atom stereocenters. The number of carbonyl (C=O) groups excluding carboxylic acids is 2. The molecule has 1 aromatic rings. The molecule has 8 heteroatoms. The van der Waals surface area contributed by atoms with Gasteiger partial charge in [0.05, 0.1) is 11.5 Å². The number of aliphatic hydroxyl groups is 1. The highest BCUT2D eigenvalue weighted by Crippen LogP contribution is 2.23. The van der Waals surface area contributed by atoms with Gasteiger partial charge in [-0.15, -0.1) is 0 Å². The second-order valence-corrected chi connectivity index (χ2v) is 8.38. The monoisotopic (exact) mass is 464 g/mol. The molecule has 0 aliphatic carbocycles. The number of nitro groups is 1. The van der Waals surface area contributed by atoms with Crippen molar-refractivity contribution in [1.82, 2.24) is 5.32 Å². The van der Waals surface area contributed by atoms with E-state index < -0.39 is 23.0 Å². The van der Waals surface area contributed by atoms with Gasteiger partial charge < -0.3 is 15.2 Å². The second kappa shape index (κ2) is 17.1. The quantitative estimate of drug-likeness (QED) is 0.130. The fourth-order valence-electron chi connectivity index (χ4n) is 3.71. The first-order valence-electron chi connectivity index (χ1n) is 12.3. The van der Waals surface area contributed by atoms with E-state index in [1.165, 1.54) is 69.2 Å². The molecule has 0 aliphatic rings. The minimum absolute atomic E-state index is 0.0888. The minimum Gasteiger partial charge on any atom is -0.464 e. The molecule has 0 saturated carbocycles. The van der Waals surface area contributed by atoms with Crippen molar-refractivity contribution in [2.75, 3.05) is 6.61 Å². The highest BCUT2D eigenvalue weighted by atomic mass is 16.6. The predicted molar refractivity (Wildman–Crippen MR) is 128 cm³/mol. The number of nitro benzene ring substituents is 1. The molecule has 33 heavy (non-hydrogen) atoms. The Hall–Kier alpha value is -2.48. The number of aliphatic hydroxyl groups excluding tert-OH is 1. The SMILES string of the molecule is CCCCCCCCCCCCCC(=O)N[C@H](C(=O)OCC)[C@H](O)c1cccc([N+](=O)[O-])c1. The zero-order valence-corrected chi connectivity index (χ0v) is 20.1.